The van der Waals surface area contributed by atoms with E-state index in [0.717, 1.165) is 16.7 Å². The highest BCUT2D eigenvalue weighted by Gasteiger charge is 2.11. The molecule has 0 unspecified atom stereocenters. The highest BCUT2D eigenvalue weighted by molar-refractivity contribution is 8.39. The minimum atomic E-state index is -1.01. The minimum absolute atomic E-state index is 0.154. The van der Waals surface area contributed by atoms with E-state index in [4.69, 9.17) is 5.11 Å². The predicted octanol–water partition coefficient (Wildman–Crippen LogP) is 2.16. The van der Waals surface area contributed by atoms with Crippen LogP contribution in [0.1, 0.15) is 10.4 Å². The number of aliphatic imine (C=N–C) groups is 1. The maximum Gasteiger partial charge on any atom is 0.335 e. The Bertz CT molecular complexity index is 531. The molecule has 7 heteroatoms. The first-order valence-corrected chi connectivity index (χ1v) is 7.55. The van der Waals surface area contributed by atoms with E-state index in [1.54, 1.807) is 23.9 Å². The van der Waals surface area contributed by atoms with E-state index in [-0.39, 0.29) is 17.2 Å². The number of hydrogen-bond donors (Lipinski definition) is 2. The number of thioether (sulfide) groups is 2. The van der Waals surface area contributed by atoms with Crippen LogP contribution in [0.15, 0.2) is 29.3 Å². The van der Waals surface area contributed by atoms with Crippen LogP contribution in [0.4, 0.5) is 5.69 Å². The van der Waals surface area contributed by atoms with E-state index in [0.29, 0.717) is 5.69 Å². The van der Waals surface area contributed by atoms with Crippen LogP contribution in [0.25, 0.3) is 0 Å². The number of hydrogen-bond acceptors (Lipinski definition) is 5. The second kappa shape index (κ2) is 6.63. The molecule has 0 radical (unpaired) electrons. The van der Waals surface area contributed by atoms with Gasteiger partial charge in [-0.15, -0.1) is 0 Å². The van der Waals surface area contributed by atoms with Gasteiger partial charge in [0.15, 0.2) is 0 Å². The van der Waals surface area contributed by atoms with Crippen LogP contribution in [0.5, 0.6) is 0 Å². The summed E-state index contributed by atoms with van der Waals surface area (Å²) in [7, 11) is 0. The fourth-order valence-corrected chi connectivity index (χ4v) is 3.27. The van der Waals surface area contributed by atoms with E-state index < -0.39 is 5.97 Å². The second-order valence-corrected chi connectivity index (χ2v) is 6.02. The lowest BCUT2D eigenvalue weighted by molar-refractivity contribution is -0.113. The van der Waals surface area contributed by atoms with Crippen LogP contribution >= 0.6 is 23.5 Å². The third-order valence-electron chi connectivity index (χ3n) is 2.28. The number of carbonyl (C=O) groups is 2. The Morgan fingerprint density at radius 3 is 3.00 bits per heavy atom. The van der Waals surface area contributed by atoms with Gasteiger partial charge in [0.2, 0.25) is 5.91 Å². The fourth-order valence-electron chi connectivity index (χ4n) is 1.46. The molecule has 1 aromatic rings. The quantitative estimate of drug-likeness (QED) is 0.890. The van der Waals surface area contributed by atoms with Gasteiger partial charge in [-0.3, -0.25) is 9.79 Å². The molecular formula is C12H12N2O3S2. The van der Waals surface area contributed by atoms with E-state index >= 15 is 0 Å². The van der Waals surface area contributed by atoms with Crippen LogP contribution in [0.2, 0.25) is 0 Å². The highest BCUT2D eigenvalue weighted by atomic mass is 32.2. The molecule has 0 saturated carbocycles. The lowest BCUT2D eigenvalue weighted by atomic mass is 10.2. The van der Waals surface area contributed by atoms with Crippen LogP contribution in [0.3, 0.4) is 0 Å². The zero-order valence-corrected chi connectivity index (χ0v) is 11.6. The van der Waals surface area contributed by atoms with E-state index in [9.17, 15) is 9.59 Å². The smallest absolute Gasteiger partial charge is 0.335 e. The number of nitrogens with one attached hydrogen (secondary N) is 1. The van der Waals surface area contributed by atoms with Crippen molar-refractivity contribution in [3.63, 3.8) is 0 Å². The first-order valence-electron chi connectivity index (χ1n) is 5.58. The second-order valence-electron chi connectivity index (χ2n) is 3.72. The molecule has 0 aromatic heterocycles. The standard InChI is InChI=1S/C12H12N2O3S2/c15-10(7-19-12-13-4-5-18-12)14-9-3-1-2-8(6-9)11(16)17/h1-3,6H,4-5,7H2,(H,14,15)(H,16,17). The van der Waals surface area contributed by atoms with Gasteiger partial charge in [0.05, 0.1) is 17.9 Å². The monoisotopic (exact) mass is 296 g/mol. The normalized spacial score (nSPS) is 14.0. The van der Waals surface area contributed by atoms with Gasteiger partial charge in [0.1, 0.15) is 4.38 Å². The average Bonchev–Trinajstić information content (AvgIpc) is 2.90. The first kappa shape index (κ1) is 14.0. The topological polar surface area (TPSA) is 78.8 Å². The maximum absolute atomic E-state index is 11.7. The number of amides is 1. The molecular weight excluding hydrogens is 284 g/mol. The van der Waals surface area contributed by atoms with Crippen molar-refractivity contribution < 1.29 is 14.7 Å². The predicted molar refractivity (Wildman–Crippen MR) is 79.2 cm³/mol. The van der Waals surface area contributed by atoms with Crippen molar-refractivity contribution in [3.8, 4) is 0 Å². The van der Waals surface area contributed by atoms with Crippen molar-refractivity contribution in [2.45, 2.75) is 0 Å². The third-order valence-corrected chi connectivity index (χ3v) is 4.53. The Morgan fingerprint density at radius 2 is 2.32 bits per heavy atom. The Hall–Kier alpha value is -1.47. The number of carboxylic acid groups (broad SMARTS) is 1. The number of anilines is 1. The average molecular weight is 296 g/mol. The number of benzene rings is 1. The van der Waals surface area contributed by atoms with Crippen LogP contribution < -0.4 is 5.32 Å². The van der Waals surface area contributed by atoms with Gasteiger partial charge in [-0.25, -0.2) is 4.79 Å². The van der Waals surface area contributed by atoms with Crippen molar-refractivity contribution >= 4 is 45.5 Å². The first-order chi connectivity index (χ1) is 9.15. The van der Waals surface area contributed by atoms with Crippen molar-refractivity contribution in [1.82, 2.24) is 0 Å². The summed E-state index contributed by atoms with van der Waals surface area (Å²) in [4.78, 5) is 26.7. The molecule has 0 spiro atoms. The molecule has 2 rings (SSSR count). The SMILES string of the molecule is O=C(CSC1=NCCS1)Nc1cccc(C(=O)O)c1. The van der Waals surface area contributed by atoms with Gasteiger partial charge in [0, 0.05) is 11.4 Å². The van der Waals surface area contributed by atoms with Gasteiger partial charge in [0.25, 0.3) is 0 Å². The van der Waals surface area contributed by atoms with Crippen LogP contribution in [0, 0.1) is 0 Å². The molecule has 1 amide bonds. The van der Waals surface area contributed by atoms with Crippen molar-refractivity contribution in [2.75, 3.05) is 23.4 Å². The zero-order chi connectivity index (χ0) is 13.7. The molecule has 100 valence electrons. The van der Waals surface area contributed by atoms with Gasteiger partial charge in [-0.1, -0.05) is 29.6 Å². The number of carbonyl (C=O) groups excluding carboxylic acids is 1. The lowest BCUT2D eigenvalue weighted by Crippen LogP contribution is -2.15. The van der Waals surface area contributed by atoms with Gasteiger partial charge in [-0.05, 0) is 18.2 Å². The van der Waals surface area contributed by atoms with Crippen molar-refractivity contribution in [3.05, 3.63) is 29.8 Å². The summed E-state index contributed by atoms with van der Waals surface area (Å²) >= 11 is 3.06. The van der Waals surface area contributed by atoms with Gasteiger partial charge < -0.3 is 10.4 Å². The number of aromatic carboxylic acids is 1. The summed E-state index contributed by atoms with van der Waals surface area (Å²) in [6.07, 6.45) is 0. The Morgan fingerprint density at radius 1 is 1.47 bits per heavy atom. The molecule has 1 aliphatic heterocycles. The zero-order valence-electron chi connectivity index (χ0n) is 9.96. The molecule has 19 heavy (non-hydrogen) atoms. The Balaban J connectivity index is 1.87. The Kier molecular flexibility index (Phi) is 4.86. The van der Waals surface area contributed by atoms with Crippen molar-refractivity contribution in [2.24, 2.45) is 4.99 Å². The maximum atomic E-state index is 11.7. The largest absolute Gasteiger partial charge is 0.478 e. The molecule has 0 fully saturated rings. The summed E-state index contributed by atoms with van der Waals surface area (Å²) in [5.41, 5.74) is 0.646. The molecule has 1 aliphatic rings. The van der Waals surface area contributed by atoms with E-state index in [2.05, 4.69) is 10.3 Å². The van der Waals surface area contributed by atoms with Gasteiger partial charge in [-0.2, -0.15) is 0 Å². The molecule has 0 aliphatic carbocycles. The molecule has 0 atom stereocenters. The van der Waals surface area contributed by atoms with E-state index in [1.807, 2.05) is 0 Å². The number of rotatable bonds is 4. The summed E-state index contributed by atoms with van der Waals surface area (Å²) in [6, 6.07) is 6.18. The molecule has 1 aromatic carbocycles. The number of carboxylic acids is 1. The fraction of sp³-hybridized carbons (Fsp3) is 0.250. The summed E-state index contributed by atoms with van der Waals surface area (Å²) in [5, 5.41) is 11.5. The van der Waals surface area contributed by atoms with Crippen LogP contribution in [-0.4, -0.2) is 39.4 Å². The minimum Gasteiger partial charge on any atom is -0.478 e. The Labute approximate surface area is 118 Å². The third kappa shape index (κ3) is 4.29. The lowest BCUT2D eigenvalue weighted by Gasteiger charge is -2.05. The molecule has 1 heterocycles. The highest BCUT2D eigenvalue weighted by Crippen LogP contribution is 2.22. The van der Waals surface area contributed by atoms with E-state index in [1.165, 1.54) is 23.9 Å². The van der Waals surface area contributed by atoms with Crippen LogP contribution in [-0.2, 0) is 4.79 Å². The molecule has 0 saturated heterocycles. The molecule has 5 nitrogen and oxygen atoms in total. The van der Waals surface area contributed by atoms with Gasteiger partial charge >= 0.3 is 5.97 Å². The summed E-state index contributed by atoms with van der Waals surface area (Å²) < 4.78 is 0.939. The summed E-state index contributed by atoms with van der Waals surface area (Å²) in [5.74, 6) is 0.0817. The van der Waals surface area contributed by atoms with Crippen molar-refractivity contribution in [1.29, 1.82) is 0 Å². The number of nitrogens with zero attached hydrogens (tertiary/aromatic N) is 1. The molecule has 0 bridgehead atoms. The molecule has 2 N–H and O–H groups in total. The summed E-state index contributed by atoms with van der Waals surface area (Å²) in [6.45, 7) is 0.815.